The summed E-state index contributed by atoms with van der Waals surface area (Å²) in [6.07, 6.45) is 1.19. The molecule has 0 bridgehead atoms. The van der Waals surface area contributed by atoms with Gasteiger partial charge in [0.2, 0.25) is 5.91 Å². The van der Waals surface area contributed by atoms with Crippen molar-refractivity contribution in [1.82, 2.24) is 9.80 Å². The molecule has 2 aliphatic rings. The number of aliphatic carboxylic acids is 2. The Morgan fingerprint density at radius 3 is 2.40 bits per heavy atom. The van der Waals surface area contributed by atoms with Crippen molar-refractivity contribution in [3.8, 4) is 0 Å². The zero-order chi connectivity index (χ0) is 26.3. The maximum Gasteiger partial charge on any atom is 0.334 e. The highest BCUT2D eigenvalue weighted by molar-refractivity contribution is 5.95. The van der Waals surface area contributed by atoms with Gasteiger partial charge in [0.1, 0.15) is 5.41 Å². The Hall–Kier alpha value is -3.47. The number of nitro benzene ring substituents is 1. The van der Waals surface area contributed by atoms with Gasteiger partial charge in [0.05, 0.1) is 22.5 Å². The van der Waals surface area contributed by atoms with E-state index in [1.165, 1.54) is 18.2 Å². The largest absolute Gasteiger partial charge is 0.481 e. The molecular formula is C24H32N4O7. The number of carbonyl (C=O) groups is 3. The monoisotopic (exact) mass is 488 g/mol. The number of nitrogens with two attached hydrogens (primary N) is 1. The van der Waals surface area contributed by atoms with Crippen molar-refractivity contribution in [1.29, 1.82) is 0 Å². The van der Waals surface area contributed by atoms with Crippen LogP contribution >= 0.6 is 0 Å². The normalized spacial score (nSPS) is 26.7. The zero-order valence-corrected chi connectivity index (χ0v) is 20.4. The number of carboxylic acid groups (broad SMARTS) is 2. The number of nitro groups is 1. The molecule has 3 unspecified atom stereocenters. The van der Waals surface area contributed by atoms with E-state index in [0.717, 1.165) is 0 Å². The van der Waals surface area contributed by atoms with Gasteiger partial charge in [0.15, 0.2) is 0 Å². The van der Waals surface area contributed by atoms with Gasteiger partial charge in [-0.1, -0.05) is 12.1 Å². The van der Waals surface area contributed by atoms with Crippen LogP contribution < -0.4 is 5.73 Å². The predicted octanol–water partition coefficient (Wildman–Crippen LogP) is 1.81. The summed E-state index contributed by atoms with van der Waals surface area (Å²) >= 11 is 0. The van der Waals surface area contributed by atoms with Crippen molar-refractivity contribution in [2.75, 3.05) is 27.2 Å². The average Bonchev–Trinajstić information content (AvgIpc) is 3.61. The van der Waals surface area contributed by atoms with Crippen LogP contribution in [0.25, 0.3) is 0 Å². The van der Waals surface area contributed by atoms with Crippen molar-refractivity contribution >= 4 is 23.5 Å². The second-order valence-corrected chi connectivity index (χ2v) is 9.67. The fraction of sp³-hybridized carbons (Fsp3) is 0.542. The Kier molecular flexibility index (Phi) is 6.94. The van der Waals surface area contributed by atoms with Crippen LogP contribution in [0.5, 0.6) is 0 Å². The molecule has 3 rings (SSSR count). The molecule has 1 aliphatic heterocycles. The van der Waals surface area contributed by atoms with Crippen LogP contribution in [-0.4, -0.2) is 76.0 Å². The number of likely N-dealkylation sites (N-methyl/N-ethyl adjacent to an activating group) is 1. The molecule has 4 N–H and O–H groups in total. The molecule has 35 heavy (non-hydrogen) atoms. The Labute approximate surface area is 203 Å². The highest BCUT2D eigenvalue weighted by Gasteiger charge is 2.71. The number of amides is 1. The Morgan fingerprint density at radius 2 is 1.91 bits per heavy atom. The predicted molar refractivity (Wildman–Crippen MR) is 126 cm³/mol. The lowest BCUT2D eigenvalue weighted by atomic mass is 9.48. The standard InChI is InChI=1S/C24H32N4O7/c1-14-20(21(30)31)24(16-8-9-16,17-6-5-7-18(12-17)28(34)35)23(22(32)33,15(2)27(14)4)10-11-26(3)13-19(25)29/h5-7,12,15-16H,8-11,13H2,1-4H3,(H2,25,29)(H,30,31)(H,32,33). The van der Waals surface area contributed by atoms with Gasteiger partial charge in [0.25, 0.3) is 5.69 Å². The van der Waals surface area contributed by atoms with Gasteiger partial charge < -0.3 is 20.8 Å². The number of non-ortho nitro benzene ring substituents is 1. The Balaban J connectivity index is 2.41. The van der Waals surface area contributed by atoms with Crippen LogP contribution in [0.4, 0.5) is 5.69 Å². The summed E-state index contributed by atoms with van der Waals surface area (Å²) in [6.45, 7) is 3.47. The zero-order valence-electron chi connectivity index (χ0n) is 20.4. The molecule has 1 fully saturated rings. The SMILES string of the molecule is CC1=C(C(=O)O)C(c2cccc([N+](=O)[O-])c2)(C2CC2)C(CCN(C)CC(N)=O)(C(=O)O)C(C)N1C. The lowest BCUT2D eigenvalue weighted by Crippen LogP contribution is -2.67. The van der Waals surface area contributed by atoms with E-state index in [4.69, 9.17) is 5.73 Å². The van der Waals surface area contributed by atoms with Gasteiger partial charge in [-0.2, -0.15) is 0 Å². The summed E-state index contributed by atoms with van der Waals surface area (Å²) in [4.78, 5) is 52.1. The molecule has 11 heteroatoms. The quantitative estimate of drug-likeness (QED) is 0.329. The fourth-order valence-electron chi connectivity index (χ4n) is 6.12. The first kappa shape index (κ1) is 26.1. The minimum absolute atomic E-state index is 0.000865. The molecule has 1 aliphatic carbocycles. The molecule has 11 nitrogen and oxygen atoms in total. The number of carboxylic acids is 2. The van der Waals surface area contributed by atoms with Crippen LogP contribution in [0.3, 0.4) is 0 Å². The second kappa shape index (κ2) is 9.29. The minimum Gasteiger partial charge on any atom is -0.481 e. The van der Waals surface area contributed by atoms with Crippen LogP contribution in [0.2, 0.25) is 0 Å². The fourth-order valence-corrected chi connectivity index (χ4v) is 6.12. The smallest absolute Gasteiger partial charge is 0.334 e. The number of nitrogens with zero attached hydrogens (tertiary/aromatic N) is 3. The molecule has 0 spiro atoms. The highest BCUT2D eigenvalue weighted by Crippen LogP contribution is 2.66. The van der Waals surface area contributed by atoms with E-state index >= 15 is 0 Å². The number of allylic oxidation sites excluding steroid dienone is 1. The maximum absolute atomic E-state index is 13.4. The third kappa shape index (κ3) is 4.03. The number of carbonyl (C=O) groups excluding carboxylic acids is 1. The molecule has 1 saturated carbocycles. The molecular weight excluding hydrogens is 456 g/mol. The first-order chi connectivity index (χ1) is 16.3. The van der Waals surface area contributed by atoms with Gasteiger partial charge in [-0.25, -0.2) is 4.79 Å². The van der Waals surface area contributed by atoms with E-state index in [2.05, 4.69) is 0 Å². The second-order valence-electron chi connectivity index (χ2n) is 9.67. The van der Waals surface area contributed by atoms with E-state index in [0.29, 0.717) is 24.1 Å². The highest BCUT2D eigenvalue weighted by atomic mass is 16.6. The summed E-state index contributed by atoms with van der Waals surface area (Å²) in [7, 11) is 3.31. The summed E-state index contributed by atoms with van der Waals surface area (Å²) in [5, 5.41) is 33.1. The number of hydrogen-bond acceptors (Lipinski definition) is 7. The topological polar surface area (TPSA) is 167 Å². The minimum atomic E-state index is -1.67. The third-order valence-corrected chi connectivity index (χ3v) is 7.89. The van der Waals surface area contributed by atoms with Crippen molar-refractivity contribution in [2.45, 2.75) is 44.6 Å². The number of benzene rings is 1. The molecule has 1 aromatic carbocycles. The van der Waals surface area contributed by atoms with E-state index in [9.17, 15) is 34.7 Å². The number of primary amides is 1. The average molecular weight is 489 g/mol. The van der Waals surface area contributed by atoms with Crippen molar-refractivity contribution in [3.05, 3.63) is 51.2 Å². The first-order valence-corrected chi connectivity index (χ1v) is 11.4. The third-order valence-electron chi connectivity index (χ3n) is 7.89. The summed E-state index contributed by atoms with van der Waals surface area (Å²) in [6, 6.07) is 5.04. The summed E-state index contributed by atoms with van der Waals surface area (Å²) < 4.78 is 0. The number of rotatable bonds is 10. The molecule has 0 saturated heterocycles. The van der Waals surface area contributed by atoms with E-state index in [1.54, 1.807) is 43.8 Å². The molecule has 190 valence electrons. The van der Waals surface area contributed by atoms with Crippen LogP contribution in [0.1, 0.15) is 38.7 Å². The molecule has 1 heterocycles. The number of hydrogen-bond donors (Lipinski definition) is 3. The van der Waals surface area contributed by atoms with Crippen molar-refractivity contribution in [2.24, 2.45) is 17.1 Å². The molecule has 1 amide bonds. The summed E-state index contributed by atoms with van der Waals surface area (Å²) in [5.41, 5.74) is 2.56. The van der Waals surface area contributed by atoms with Crippen LogP contribution in [0.15, 0.2) is 35.5 Å². The van der Waals surface area contributed by atoms with Crippen molar-refractivity contribution in [3.63, 3.8) is 0 Å². The molecule has 0 radical (unpaired) electrons. The maximum atomic E-state index is 13.4. The van der Waals surface area contributed by atoms with E-state index < -0.39 is 39.6 Å². The molecule has 3 atom stereocenters. The lowest BCUT2D eigenvalue weighted by Gasteiger charge is -2.59. The van der Waals surface area contributed by atoms with Gasteiger partial charge in [-0.15, -0.1) is 0 Å². The van der Waals surface area contributed by atoms with Gasteiger partial charge in [-0.05, 0) is 58.2 Å². The lowest BCUT2D eigenvalue weighted by molar-refractivity contribution is -0.385. The Bertz CT molecular complexity index is 1100. The van der Waals surface area contributed by atoms with Crippen molar-refractivity contribution < 1.29 is 29.5 Å². The van der Waals surface area contributed by atoms with Gasteiger partial charge >= 0.3 is 11.9 Å². The summed E-state index contributed by atoms with van der Waals surface area (Å²) in [5.74, 6) is -3.34. The molecule has 1 aromatic rings. The van der Waals surface area contributed by atoms with Crippen LogP contribution in [-0.2, 0) is 19.8 Å². The molecule has 0 aromatic heterocycles. The van der Waals surface area contributed by atoms with Crippen LogP contribution in [0, 0.1) is 21.4 Å². The first-order valence-electron chi connectivity index (χ1n) is 11.4. The van der Waals surface area contributed by atoms with E-state index in [-0.39, 0.29) is 36.7 Å². The van der Waals surface area contributed by atoms with E-state index in [1.807, 2.05) is 0 Å². The Morgan fingerprint density at radius 1 is 1.29 bits per heavy atom. The van der Waals surface area contributed by atoms with Gasteiger partial charge in [-0.3, -0.25) is 24.6 Å². The van der Waals surface area contributed by atoms with Gasteiger partial charge in [0, 0.05) is 30.9 Å².